The van der Waals surface area contributed by atoms with E-state index >= 15 is 0 Å². The van der Waals surface area contributed by atoms with Gasteiger partial charge in [-0.1, -0.05) is 36.1 Å². The van der Waals surface area contributed by atoms with Crippen molar-refractivity contribution in [1.29, 1.82) is 0 Å². The lowest BCUT2D eigenvalue weighted by atomic mass is 10.0. The highest BCUT2D eigenvalue weighted by atomic mass is 16.3. The fourth-order valence-electron chi connectivity index (χ4n) is 2.63. The molecule has 1 amide bonds. The summed E-state index contributed by atoms with van der Waals surface area (Å²) in [6.45, 7) is 2.35. The van der Waals surface area contributed by atoms with E-state index in [0.717, 1.165) is 21.9 Å². The third kappa shape index (κ3) is 4.05. The summed E-state index contributed by atoms with van der Waals surface area (Å²) in [6.07, 6.45) is 0.334. The van der Waals surface area contributed by atoms with Gasteiger partial charge in [-0.05, 0) is 36.2 Å². The number of rotatable bonds is 3. The monoisotopic (exact) mass is 360 g/mol. The molecule has 3 aromatic rings. The quantitative estimate of drug-likeness (QED) is 0.698. The molecule has 0 saturated heterocycles. The van der Waals surface area contributed by atoms with Crippen LogP contribution in [-0.2, 0) is 4.79 Å². The molecule has 0 aliphatic carbocycles. The van der Waals surface area contributed by atoms with Crippen LogP contribution in [0.25, 0.3) is 21.9 Å². The number of aromatic nitrogens is 2. The number of carbonyl (C=O) groups excluding carboxylic acids is 1. The summed E-state index contributed by atoms with van der Waals surface area (Å²) in [5, 5.41) is 19.4. The number of likely N-dealkylation sites (N-methyl/N-ethyl adjacent to an activating group) is 1. The standard InChI is InChI=1S/C21H20N4O2/c1-3-25(2)21(27)19(26)10-7-14-5-4-6-15(11-14)16-8-9-17-13-23-24-20(22)18(17)12-16/h4-6,8-9,11-13,19,26H,3H2,1-2H3,(H2,22,24)/t19-/m1/s1. The van der Waals surface area contributed by atoms with E-state index in [1.165, 1.54) is 4.90 Å². The minimum Gasteiger partial charge on any atom is -0.382 e. The van der Waals surface area contributed by atoms with Gasteiger partial charge in [-0.2, -0.15) is 5.10 Å². The van der Waals surface area contributed by atoms with E-state index in [2.05, 4.69) is 22.0 Å². The van der Waals surface area contributed by atoms with Crippen LogP contribution in [0.15, 0.2) is 48.7 Å². The Balaban J connectivity index is 1.90. The van der Waals surface area contributed by atoms with E-state index < -0.39 is 12.0 Å². The third-order valence-corrected chi connectivity index (χ3v) is 4.33. The Morgan fingerprint density at radius 1 is 1.26 bits per heavy atom. The second-order valence-corrected chi connectivity index (χ2v) is 6.14. The smallest absolute Gasteiger partial charge is 0.263 e. The van der Waals surface area contributed by atoms with Gasteiger partial charge in [0.25, 0.3) is 5.91 Å². The van der Waals surface area contributed by atoms with Gasteiger partial charge in [-0.25, -0.2) is 0 Å². The maximum absolute atomic E-state index is 11.9. The van der Waals surface area contributed by atoms with Crippen molar-refractivity contribution in [3.8, 4) is 23.0 Å². The number of nitrogens with two attached hydrogens (primary N) is 1. The van der Waals surface area contributed by atoms with Gasteiger partial charge in [-0.15, -0.1) is 5.10 Å². The molecule has 1 atom stereocenters. The molecule has 0 unspecified atom stereocenters. The number of carbonyl (C=O) groups is 1. The Morgan fingerprint density at radius 3 is 2.81 bits per heavy atom. The van der Waals surface area contributed by atoms with Crippen LogP contribution in [0.1, 0.15) is 12.5 Å². The first-order valence-electron chi connectivity index (χ1n) is 8.55. The molecular weight excluding hydrogens is 340 g/mol. The SMILES string of the molecule is CCN(C)C(=O)[C@H](O)C#Cc1cccc(-c2ccc3cnnc(N)c3c2)c1. The minimum atomic E-state index is -1.34. The number of anilines is 1. The minimum absolute atomic E-state index is 0.381. The molecule has 3 rings (SSSR count). The van der Waals surface area contributed by atoms with Gasteiger partial charge in [0.15, 0.2) is 11.9 Å². The Bertz CT molecular complexity index is 1050. The zero-order valence-electron chi connectivity index (χ0n) is 15.2. The molecule has 1 heterocycles. The summed E-state index contributed by atoms with van der Waals surface area (Å²) < 4.78 is 0. The Morgan fingerprint density at radius 2 is 2.04 bits per heavy atom. The van der Waals surface area contributed by atoms with Gasteiger partial charge in [0.2, 0.25) is 0 Å². The van der Waals surface area contributed by atoms with E-state index in [4.69, 9.17) is 5.73 Å². The molecule has 0 spiro atoms. The van der Waals surface area contributed by atoms with Crippen LogP contribution < -0.4 is 5.73 Å². The summed E-state index contributed by atoms with van der Waals surface area (Å²) in [5.74, 6) is 5.45. The molecular formula is C21H20N4O2. The molecule has 3 N–H and O–H groups in total. The summed E-state index contributed by atoms with van der Waals surface area (Å²) in [7, 11) is 1.63. The van der Waals surface area contributed by atoms with E-state index in [1.807, 2.05) is 49.4 Å². The molecule has 6 heteroatoms. The van der Waals surface area contributed by atoms with Crippen LogP contribution in [0.5, 0.6) is 0 Å². The normalized spacial score (nSPS) is 11.5. The molecule has 136 valence electrons. The summed E-state index contributed by atoms with van der Waals surface area (Å²) in [6, 6.07) is 13.5. The average Bonchev–Trinajstić information content (AvgIpc) is 2.71. The van der Waals surface area contributed by atoms with Crippen molar-refractivity contribution in [2.75, 3.05) is 19.3 Å². The van der Waals surface area contributed by atoms with Gasteiger partial charge in [-0.3, -0.25) is 4.79 Å². The zero-order chi connectivity index (χ0) is 19.4. The van der Waals surface area contributed by atoms with Gasteiger partial charge in [0.05, 0.1) is 6.20 Å². The molecule has 0 aliphatic heterocycles. The first kappa shape index (κ1) is 18.4. The number of amides is 1. The van der Waals surface area contributed by atoms with Gasteiger partial charge in [0.1, 0.15) is 0 Å². The summed E-state index contributed by atoms with van der Waals surface area (Å²) in [4.78, 5) is 13.3. The number of fused-ring (bicyclic) bond motifs is 1. The highest BCUT2D eigenvalue weighted by Crippen LogP contribution is 2.26. The van der Waals surface area contributed by atoms with Crippen LogP contribution in [0.3, 0.4) is 0 Å². The molecule has 0 fully saturated rings. The molecule has 0 bridgehead atoms. The van der Waals surface area contributed by atoms with Crippen LogP contribution in [-0.4, -0.2) is 45.8 Å². The van der Waals surface area contributed by atoms with Crippen molar-refractivity contribution >= 4 is 22.5 Å². The fourth-order valence-corrected chi connectivity index (χ4v) is 2.63. The van der Waals surface area contributed by atoms with E-state index in [-0.39, 0.29) is 0 Å². The number of nitrogen functional groups attached to an aromatic ring is 1. The van der Waals surface area contributed by atoms with Crippen LogP contribution in [0.4, 0.5) is 5.82 Å². The van der Waals surface area contributed by atoms with Gasteiger partial charge < -0.3 is 15.7 Å². The maximum Gasteiger partial charge on any atom is 0.263 e. The van der Waals surface area contributed by atoms with Crippen molar-refractivity contribution in [3.63, 3.8) is 0 Å². The van der Waals surface area contributed by atoms with Crippen molar-refractivity contribution in [1.82, 2.24) is 15.1 Å². The second-order valence-electron chi connectivity index (χ2n) is 6.14. The van der Waals surface area contributed by atoms with Crippen LogP contribution in [0, 0.1) is 11.8 Å². The molecule has 0 saturated carbocycles. The summed E-state index contributed by atoms with van der Waals surface area (Å²) in [5.41, 5.74) is 8.54. The average molecular weight is 360 g/mol. The lowest BCUT2D eigenvalue weighted by Crippen LogP contribution is -2.35. The van der Waals surface area contributed by atoms with Crippen molar-refractivity contribution in [2.45, 2.75) is 13.0 Å². The predicted molar refractivity (Wildman–Crippen MR) is 106 cm³/mol. The number of aliphatic hydroxyl groups is 1. The number of benzene rings is 2. The van der Waals surface area contributed by atoms with Crippen molar-refractivity contribution < 1.29 is 9.90 Å². The fraction of sp³-hybridized carbons (Fsp3) is 0.190. The number of hydrogen-bond acceptors (Lipinski definition) is 5. The Hall–Kier alpha value is -3.43. The third-order valence-electron chi connectivity index (χ3n) is 4.33. The maximum atomic E-state index is 11.9. The Labute approximate surface area is 157 Å². The predicted octanol–water partition coefficient (Wildman–Crippen LogP) is 2.07. The van der Waals surface area contributed by atoms with E-state index in [1.54, 1.807) is 13.2 Å². The number of hydrogen-bond donors (Lipinski definition) is 2. The second kappa shape index (κ2) is 7.85. The lowest BCUT2D eigenvalue weighted by Gasteiger charge is -2.15. The summed E-state index contributed by atoms with van der Waals surface area (Å²) >= 11 is 0. The molecule has 6 nitrogen and oxygen atoms in total. The molecule has 0 radical (unpaired) electrons. The number of aliphatic hydroxyl groups excluding tert-OH is 1. The molecule has 27 heavy (non-hydrogen) atoms. The van der Waals surface area contributed by atoms with Crippen molar-refractivity contribution in [2.24, 2.45) is 0 Å². The topological polar surface area (TPSA) is 92.3 Å². The first-order chi connectivity index (χ1) is 13.0. The highest BCUT2D eigenvalue weighted by molar-refractivity contribution is 5.93. The highest BCUT2D eigenvalue weighted by Gasteiger charge is 2.15. The largest absolute Gasteiger partial charge is 0.382 e. The van der Waals surface area contributed by atoms with E-state index in [0.29, 0.717) is 17.9 Å². The number of nitrogens with zero attached hydrogens (tertiary/aromatic N) is 3. The van der Waals surface area contributed by atoms with Crippen LogP contribution >= 0.6 is 0 Å². The van der Waals surface area contributed by atoms with Crippen molar-refractivity contribution in [3.05, 3.63) is 54.2 Å². The molecule has 2 aromatic carbocycles. The van der Waals surface area contributed by atoms with Gasteiger partial charge >= 0.3 is 0 Å². The molecule has 1 aromatic heterocycles. The van der Waals surface area contributed by atoms with Crippen LogP contribution in [0.2, 0.25) is 0 Å². The first-order valence-corrected chi connectivity index (χ1v) is 8.55. The molecule has 0 aliphatic rings. The Kier molecular flexibility index (Phi) is 5.34. The van der Waals surface area contributed by atoms with Gasteiger partial charge in [0, 0.05) is 29.9 Å². The lowest BCUT2D eigenvalue weighted by molar-refractivity contribution is -0.135. The van der Waals surface area contributed by atoms with E-state index in [9.17, 15) is 9.90 Å². The zero-order valence-corrected chi connectivity index (χ0v) is 15.2.